The van der Waals surface area contributed by atoms with Crippen LogP contribution in [0.3, 0.4) is 0 Å². The first kappa shape index (κ1) is 12.0. The minimum Gasteiger partial charge on any atom is -0.367 e. The molecular weight excluding hydrogens is 236 g/mol. The van der Waals surface area contributed by atoms with Gasteiger partial charge in [-0.15, -0.1) is 0 Å². The molecule has 0 atom stereocenters. The number of aromatic nitrogens is 2. The first-order chi connectivity index (χ1) is 9.33. The minimum atomic E-state index is 0.603. The molecule has 1 fully saturated rings. The summed E-state index contributed by atoms with van der Waals surface area (Å²) in [7, 11) is 0. The molecule has 1 saturated carbocycles. The van der Waals surface area contributed by atoms with Gasteiger partial charge >= 0.3 is 0 Å². The van der Waals surface area contributed by atoms with Crippen LogP contribution in [0.1, 0.15) is 25.3 Å². The fourth-order valence-corrected chi connectivity index (χ4v) is 1.96. The Morgan fingerprint density at radius 2 is 2.00 bits per heavy atom. The summed E-state index contributed by atoms with van der Waals surface area (Å²) in [6, 6.07) is 10.9. The molecule has 0 amide bonds. The molecule has 0 spiro atoms. The van der Waals surface area contributed by atoms with Crippen molar-refractivity contribution in [2.24, 2.45) is 0 Å². The van der Waals surface area contributed by atoms with Gasteiger partial charge in [-0.3, -0.25) is 0 Å². The van der Waals surface area contributed by atoms with E-state index in [1.165, 1.54) is 18.4 Å². The Balaban J connectivity index is 1.74. The molecule has 3 rings (SSSR count). The van der Waals surface area contributed by atoms with Crippen LogP contribution in [0.15, 0.2) is 36.7 Å². The van der Waals surface area contributed by atoms with Gasteiger partial charge in [0.15, 0.2) is 0 Å². The number of nitrogens with zero attached hydrogens (tertiary/aromatic N) is 2. The highest BCUT2D eigenvalue weighted by Gasteiger charge is 2.21. The van der Waals surface area contributed by atoms with Crippen molar-refractivity contribution in [2.75, 3.05) is 10.6 Å². The third kappa shape index (κ3) is 3.22. The van der Waals surface area contributed by atoms with E-state index in [0.717, 1.165) is 23.7 Å². The molecule has 1 aliphatic carbocycles. The predicted octanol–water partition coefficient (Wildman–Crippen LogP) is 3.36. The molecule has 0 radical (unpaired) electrons. The number of rotatable bonds is 5. The first-order valence-corrected chi connectivity index (χ1v) is 6.78. The Morgan fingerprint density at radius 1 is 1.16 bits per heavy atom. The summed E-state index contributed by atoms with van der Waals surface area (Å²) in [5, 5.41) is 6.70. The molecule has 1 aromatic carbocycles. The molecule has 0 bridgehead atoms. The van der Waals surface area contributed by atoms with Gasteiger partial charge < -0.3 is 10.6 Å². The topological polar surface area (TPSA) is 49.8 Å². The monoisotopic (exact) mass is 254 g/mol. The van der Waals surface area contributed by atoms with E-state index in [-0.39, 0.29) is 0 Å². The number of nitrogens with one attached hydrogen (secondary N) is 2. The standard InChI is InChI=1S/C15H18N4/c1-2-11-4-3-5-13(8-11)19-15-9-14(16-10-17-15)18-12-6-7-12/h3-5,8-10,12H,2,6-7H2,1H3,(H2,16,17,18,19). The van der Waals surface area contributed by atoms with Crippen molar-refractivity contribution in [3.63, 3.8) is 0 Å². The van der Waals surface area contributed by atoms with E-state index in [2.05, 4.69) is 51.8 Å². The summed E-state index contributed by atoms with van der Waals surface area (Å²) < 4.78 is 0. The maximum absolute atomic E-state index is 4.26. The summed E-state index contributed by atoms with van der Waals surface area (Å²) in [6.45, 7) is 2.15. The van der Waals surface area contributed by atoms with Gasteiger partial charge in [-0.25, -0.2) is 9.97 Å². The summed E-state index contributed by atoms with van der Waals surface area (Å²) in [5.41, 5.74) is 2.38. The van der Waals surface area contributed by atoms with Crippen LogP contribution < -0.4 is 10.6 Å². The van der Waals surface area contributed by atoms with E-state index in [1.807, 2.05) is 6.07 Å². The second kappa shape index (κ2) is 5.26. The van der Waals surface area contributed by atoms with E-state index in [4.69, 9.17) is 0 Å². The molecule has 0 unspecified atom stereocenters. The van der Waals surface area contributed by atoms with Gasteiger partial charge in [-0.2, -0.15) is 0 Å². The smallest absolute Gasteiger partial charge is 0.135 e. The van der Waals surface area contributed by atoms with Gasteiger partial charge in [0.05, 0.1) is 0 Å². The van der Waals surface area contributed by atoms with Gasteiger partial charge in [0.25, 0.3) is 0 Å². The molecule has 4 heteroatoms. The lowest BCUT2D eigenvalue weighted by molar-refractivity contribution is 1.08. The van der Waals surface area contributed by atoms with Crippen LogP contribution in [-0.4, -0.2) is 16.0 Å². The molecule has 2 aromatic rings. The van der Waals surface area contributed by atoms with Crippen molar-refractivity contribution < 1.29 is 0 Å². The van der Waals surface area contributed by atoms with Gasteiger partial charge in [-0.05, 0) is 37.0 Å². The van der Waals surface area contributed by atoms with Crippen LogP contribution in [-0.2, 0) is 6.42 Å². The van der Waals surface area contributed by atoms with Crippen molar-refractivity contribution in [1.29, 1.82) is 0 Å². The maximum atomic E-state index is 4.26. The van der Waals surface area contributed by atoms with Crippen molar-refractivity contribution in [3.05, 3.63) is 42.2 Å². The van der Waals surface area contributed by atoms with Crippen LogP contribution in [0.2, 0.25) is 0 Å². The lowest BCUT2D eigenvalue weighted by Crippen LogP contribution is -2.04. The van der Waals surface area contributed by atoms with Crippen molar-refractivity contribution >= 4 is 17.3 Å². The molecule has 1 heterocycles. The Hall–Kier alpha value is -2.10. The number of aryl methyl sites for hydroxylation is 1. The average Bonchev–Trinajstić information content (AvgIpc) is 3.23. The number of hydrogen-bond acceptors (Lipinski definition) is 4. The van der Waals surface area contributed by atoms with Crippen molar-refractivity contribution in [3.8, 4) is 0 Å². The zero-order valence-corrected chi connectivity index (χ0v) is 11.1. The predicted molar refractivity (Wildman–Crippen MR) is 77.8 cm³/mol. The molecule has 1 aliphatic rings. The number of anilines is 3. The Morgan fingerprint density at radius 3 is 2.79 bits per heavy atom. The molecule has 98 valence electrons. The zero-order valence-electron chi connectivity index (χ0n) is 11.1. The van der Waals surface area contributed by atoms with E-state index in [1.54, 1.807) is 6.33 Å². The normalized spacial score (nSPS) is 14.2. The minimum absolute atomic E-state index is 0.603. The maximum Gasteiger partial charge on any atom is 0.135 e. The second-order valence-electron chi connectivity index (χ2n) is 4.89. The van der Waals surface area contributed by atoms with E-state index < -0.39 is 0 Å². The Kier molecular flexibility index (Phi) is 3.31. The third-order valence-electron chi connectivity index (χ3n) is 3.20. The molecule has 4 nitrogen and oxygen atoms in total. The third-order valence-corrected chi connectivity index (χ3v) is 3.20. The SMILES string of the molecule is CCc1cccc(Nc2cc(NC3CC3)ncn2)c1. The lowest BCUT2D eigenvalue weighted by Gasteiger charge is -2.08. The van der Waals surface area contributed by atoms with Gasteiger partial charge in [-0.1, -0.05) is 19.1 Å². The summed E-state index contributed by atoms with van der Waals surface area (Å²) in [6.07, 6.45) is 5.11. The zero-order chi connectivity index (χ0) is 13.1. The number of benzene rings is 1. The molecule has 0 aliphatic heterocycles. The molecule has 2 N–H and O–H groups in total. The molecule has 19 heavy (non-hydrogen) atoms. The van der Waals surface area contributed by atoms with Gasteiger partial charge in [0, 0.05) is 17.8 Å². The molecular formula is C15H18N4. The average molecular weight is 254 g/mol. The lowest BCUT2D eigenvalue weighted by atomic mass is 10.1. The number of hydrogen-bond donors (Lipinski definition) is 2. The van der Waals surface area contributed by atoms with E-state index in [0.29, 0.717) is 6.04 Å². The first-order valence-electron chi connectivity index (χ1n) is 6.78. The fourth-order valence-electron chi connectivity index (χ4n) is 1.96. The second-order valence-corrected chi connectivity index (χ2v) is 4.89. The van der Waals surface area contributed by atoms with E-state index in [9.17, 15) is 0 Å². The van der Waals surface area contributed by atoms with Crippen LogP contribution in [0, 0.1) is 0 Å². The van der Waals surface area contributed by atoms with Crippen LogP contribution in [0.25, 0.3) is 0 Å². The van der Waals surface area contributed by atoms with Gasteiger partial charge in [0.2, 0.25) is 0 Å². The molecule has 0 saturated heterocycles. The highest BCUT2D eigenvalue weighted by Crippen LogP contribution is 2.24. The Bertz CT molecular complexity index is 564. The summed E-state index contributed by atoms with van der Waals surface area (Å²) >= 11 is 0. The fraction of sp³-hybridized carbons (Fsp3) is 0.333. The van der Waals surface area contributed by atoms with Crippen LogP contribution in [0.5, 0.6) is 0 Å². The quantitative estimate of drug-likeness (QED) is 0.859. The van der Waals surface area contributed by atoms with Crippen LogP contribution >= 0.6 is 0 Å². The Labute approximate surface area is 113 Å². The highest BCUT2D eigenvalue weighted by molar-refractivity contribution is 5.59. The van der Waals surface area contributed by atoms with Gasteiger partial charge in [0.1, 0.15) is 18.0 Å². The molecule has 1 aromatic heterocycles. The van der Waals surface area contributed by atoms with Crippen LogP contribution in [0.4, 0.5) is 17.3 Å². The summed E-state index contributed by atoms with van der Waals surface area (Å²) in [4.78, 5) is 8.49. The largest absolute Gasteiger partial charge is 0.367 e. The van der Waals surface area contributed by atoms with Crippen molar-refractivity contribution in [2.45, 2.75) is 32.2 Å². The highest BCUT2D eigenvalue weighted by atomic mass is 15.1. The van der Waals surface area contributed by atoms with Crippen molar-refractivity contribution in [1.82, 2.24) is 9.97 Å². The summed E-state index contributed by atoms with van der Waals surface area (Å²) in [5.74, 6) is 1.72. The van der Waals surface area contributed by atoms with E-state index >= 15 is 0 Å².